The highest BCUT2D eigenvalue weighted by Crippen LogP contribution is 2.25. The Labute approximate surface area is 90.7 Å². The van der Waals surface area contributed by atoms with Crippen LogP contribution in [0.3, 0.4) is 0 Å². The topological polar surface area (TPSA) is 47.6 Å². The Hall–Kier alpha value is -0.320. The van der Waals surface area contributed by atoms with Crippen LogP contribution in [0.4, 0.5) is 4.79 Å². The standard InChI is InChI=1S/C6H8Cl3NO3/c1-4(12-2)10-5(11)13-3-6(7,8)9/h1,3H2,2H3,(H,10,11). The minimum Gasteiger partial charge on any atom is -0.483 e. The summed E-state index contributed by atoms with van der Waals surface area (Å²) < 4.78 is 7.42. The lowest BCUT2D eigenvalue weighted by Crippen LogP contribution is -2.27. The third-order valence-electron chi connectivity index (χ3n) is 0.855. The van der Waals surface area contributed by atoms with Gasteiger partial charge in [0, 0.05) is 0 Å². The third-order valence-corrected chi connectivity index (χ3v) is 1.18. The van der Waals surface area contributed by atoms with Crippen LogP contribution in [0.15, 0.2) is 12.5 Å². The van der Waals surface area contributed by atoms with Gasteiger partial charge < -0.3 is 9.47 Å². The van der Waals surface area contributed by atoms with Crippen molar-refractivity contribution < 1.29 is 14.3 Å². The first-order valence-electron chi connectivity index (χ1n) is 3.08. The van der Waals surface area contributed by atoms with Crippen molar-refractivity contribution in [2.75, 3.05) is 13.7 Å². The molecule has 0 aliphatic rings. The molecule has 0 saturated carbocycles. The molecule has 0 rings (SSSR count). The fraction of sp³-hybridized carbons (Fsp3) is 0.500. The van der Waals surface area contributed by atoms with E-state index in [9.17, 15) is 4.79 Å². The Kier molecular flexibility index (Phi) is 5.29. The van der Waals surface area contributed by atoms with Crippen LogP contribution in [-0.4, -0.2) is 23.6 Å². The number of alkyl carbamates (subject to hydrolysis) is 1. The smallest absolute Gasteiger partial charge is 0.414 e. The summed E-state index contributed by atoms with van der Waals surface area (Å²) in [7, 11) is 1.34. The maximum Gasteiger partial charge on any atom is 0.414 e. The van der Waals surface area contributed by atoms with E-state index in [1.54, 1.807) is 0 Å². The van der Waals surface area contributed by atoms with Crippen LogP contribution in [0, 0.1) is 0 Å². The molecule has 0 fully saturated rings. The van der Waals surface area contributed by atoms with Crippen molar-refractivity contribution >= 4 is 40.9 Å². The van der Waals surface area contributed by atoms with Gasteiger partial charge in [0.2, 0.25) is 3.79 Å². The average molecular weight is 248 g/mol. The zero-order chi connectivity index (χ0) is 10.5. The third kappa shape index (κ3) is 8.02. The van der Waals surface area contributed by atoms with Crippen LogP contribution in [0.5, 0.6) is 0 Å². The summed E-state index contributed by atoms with van der Waals surface area (Å²) in [5.74, 6) is 0.0503. The number of hydrogen-bond acceptors (Lipinski definition) is 3. The first kappa shape index (κ1) is 12.7. The van der Waals surface area contributed by atoms with Crippen molar-refractivity contribution in [3.63, 3.8) is 0 Å². The number of nitrogens with one attached hydrogen (secondary N) is 1. The molecule has 0 aromatic rings. The van der Waals surface area contributed by atoms with Gasteiger partial charge in [-0.15, -0.1) is 0 Å². The molecule has 0 unspecified atom stereocenters. The summed E-state index contributed by atoms with van der Waals surface area (Å²) in [6.07, 6.45) is -0.793. The molecule has 0 radical (unpaired) electrons. The van der Waals surface area contributed by atoms with Gasteiger partial charge in [0.05, 0.1) is 7.11 Å². The molecule has 0 aromatic carbocycles. The molecule has 0 saturated heterocycles. The second-order valence-corrected chi connectivity index (χ2v) is 4.46. The van der Waals surface area contributed by atoms with Gasteiger partial charge in [0.1, 0.15) is 6.61 Å². The van der Waals surface area contributed by atoms with E-state index in [-0.39, 0.29) is 12.5 Å². The van der Waals surface area contributed by atoms with Gasteiger partial charge in [0.15, 0.2) is 5.88 Å². The number of rotatable bonds is 3. The van der Waals surface area contributed by atoms with Gasteiger partial charge in [-0.25, -0.2) is 4.79 Å². The van der Waals surface area contributed by atoms with Crippen molar-refractivity contribution in [2.24, 2.45) is 0 Å². The van der Waals surface area contributed by atoms with Crippen molar-refractivity contribution in [1.82, 2.24) is 5.32 Å². The first-order chi connectivity index (χ1) is 5.85. The van der Waals surface area contributed by atoms with Gasteiger partial charge >= 0.3 is 6.09 Å². The molecular formula is C6H8Cl3NO3. The minimum atomic E-state index is -1.62. The fourth-order valence-electron chi connectivity index (χ4n) is 0.348. The first-order valence-corrected chi connectivity index (χ1v) is 4.22. The molecule has 76 valence electrons. The molecular weight excluding hydrogens is 240 g/mol. The van der Waals surface area contributed by atoms with Crippen LogP contribution in [-0.2, 0) is 9.47 Å². The molecule has 1 N–H and O–H groups in total. The zero-order valence-electron chi connectivity index (χ0n) is 6.77. The highest BCUT2D eigenvalue weighted by atomic mass is 35.6. The number of halogens is 3. The number of alkyl halides is 3. The Morgan fingerprint density at radius 2 is 2.08 bits per heavy atom. The Balaban J connectivity index is 3.70. The molecule has 0 aliphatic carbocycles. The van der Waals surface area contributed by atoms with E-state index in [2.05, 4.69) is 21.4 Å². The number of amides is 1. The highest BCUT2D eigenvalue weighted by Gasteiger charge is 2.22. The van der Waals surface area contributed by atoms with Crippen LogP contribution in [0.1, 0.15) is 0 Å². The molecule has 0 bridgehead atoms. The number of carbonyl (C=O) groups is 1. The predicted octanol–water partition coefficient (Wildman–Crippen LogP) is 2.20. The van der Waals surface area contributed by atoms with E-state index >= 15 is 0 Å². The van der Waals surface area contributed by atoms with Crippen LogP contribution < -0.4 is 5.32 Å². The summed E-state index contributed by atoms with van der Waals surface area (Å²) in [5, 5.41) is 2.15. The summed E-state index contributed by atoms with van der Waals surface area (Å²) >= 11 is 16.0. The molecule has 0 atom stereocenters. The molecule has 0 aliphatic heterocycles. The Morgan fingerprint density at radius 3 is 2.46 bits per heavy atom. The molecule has 0 spiro atoms. The van der Waals surface area contributed by atoms with Crippen LogP contribution in [0.25, 0.3) is 0 Å². The Morgan fingerprint density at radius 1 is 1.54 bits per heavy atom. The van der Waals surface area contributed by atoms with Crippen molar-refractivity contribution in [3.8, 4) is 0 Å². The molecule has 1 amide bonds. The monoisotopic (exact) mass is 247 g/mol. The number of carbonyl (C=O) groups excluding carboxylic acids is 1. The lowest BCUT2D eigenvalue weighted by molar-refractivity contribution is 0.142. The largest absolute Gasteiger partial charge is 0.483 e. The Bertz CT molecular complexity index is 202. The summed E-state index contributed by atoms with van der Waals surface area (Å²) in [6.45, 7) is 2.98. The lowest BCUT2D eigenvalue weighted by Gasteiger charge is -2.12. The van der Waals surface area contributed by atoms with Crippen molar-refractivity contribution in [3.05, 3.63) is 12.5 Å². The molecule has 13 heavy (non-hydrogen) atoms. The van der Waals surface area contributed by atoms with Crippen LogP contribution in [0.2, 0.25) is 0 Å². The van der Waals surface area contributed by atoms with Gasteiger partial charge in [-0.05, 0) is 6.58 Å². The van der Waals surface area contributed by atoms with Gasteiger partial charge in [0.25, 0.3) is 0 Å². The normalized spacial score (nSPS) is 10.5. The van der Waals surface area contributed by atoms with E-state index < -0.39 is 9.89 Å². The highest BCUT2D eigenvalue weighted by molar-refractivity contribution is 6.67. The molecule has 0 aromatic heterocycles. The van der Waals surface area contributed by atoms with E-state index in [0.29, 0.717) is 0 Å². The summed E-state index contributed by atoms with van der Waals surface area (Å²) in [4.78, 5) is 10.8. The molecule has 4 nitrogen and oxygen atoms in total. The SMILES string of the molecule is C=C(NC(=O)OCC(Cl)(Cl)Cl)OC. The quantitative estimate of drug-likeness (QED) is 0.615. The predicted molar refractivity (Wildman–Crippen MR) is 50.9 cm³/mol. The maximum atomic E-state index is 10.8. The minimum absolute atomic E-state index is 0.0503. The number of ether oxygens (including phenoxy) is 2. The summed E-state index contributed by atoms with van der Waals surface area (Å²) in [6, 6.07) is 0. The maximum absolute atomic E-state index is 10.8. The van der Waals surface area contributed by atoms with Crippen molar-refractivity contribution in [1.29, 1.82) is 0 Å². The van der Waals surface area contributed by atoms with E-state index in [4.69, 9.17) is 34.8 Å². The van der Waals surface area contributed by atoms with Gasteiger partial charge in [-0.3, -0.25) is 5.32 Å². The van der Waals surface area contributed by atoms with E-state index in [1.807, 2.05) is 0 Å². The van der Waals surface area contributed by atoms with Gasteiger partial charge in [-0.2, -0.15) is 0 Å². The molecule has 0 heterocycles. The van der Waals surface area contributed by atoms with E-state index in [0.717, 1.165) is 0 Å². The average Bonchev–Trinajstić information content (AvgIpc) is 1.99. The zero-order valence-corrected chi connectivity index (χ0v) is 9.04. The van der Waals surface area contributed by atoms with E-state index in [1.165, 1.54) is 7.11 Å². The number of methoxy groups -OCH3 is 1. The number of hydrogen-bond donors (Lipinski definition) is 1. The second-order valence-electron chi connectivity index (χ2n) is 1.94. The van der Waals surface area contributed by atoms with Crippen molar-refractivity contribution in [2.45, 2.75) is 3.79 Å². The molecule has 7 heteroatoms. The lowest BCUT2D eigenvalue weighted by atomic mass is 10.8. The summed E-state index contributed by atoms with van der Waals surface area (Å²) in [5.41, 5.74) is 0. The van der Waals surface area contributed by atoms with Gasteiger partial charge in [-0.1, -0.05) is 34.8 Å². The van der Waals surface area contributed by atoms with Crippen LogP contribution >= 0.6 is 34.8 Å². The second kappa shape index (κ2) is 5.42. The fourth-order valence-corrected chi connectivity index (χ4v) is 0.512.